The molecule has 110 valence electrons. The fourth-order valence-electron chi connectivity index (χ4n) is 1.96. The van der Waals surface area contributed by atoms with Crippen LogP contribution in [0.4, 0.5) is 5.95 Å². The molecule has 1 aromatic heterocycles. The van der Waals surface area contributed by atoms with Crippen molar-refractivity contribution in [2.45, 2.75) is 26.7 Å². The van der Waals surface area contributed by atoms with Gasteiger partial charge in [-0.05, 0) is 26.3 Å². The lowest BCUT2D eigenvalue weighted by Gasteiger charge is -2.08. The summed E-state index contributed by atoms with van der Waals surface area (Å²) >= 11 is 0. The monoisotopic (exact) mass is 285 g/mol. The molecule has 0 radical (unpaired) electrons. The van der Waals surface area contributed by atoms with Crippen LogP contribution >= 0.6 is 0 Å². The van der Waals surface area contributed by atoms with E-state index in [4.69, 9.17) is 5.11 Å². The fourth-order valence-corrected chi connectivity index (χ4v) is 1.96. The standard InChI is InChI=1S/C16H19N3O2/c1-11-5-7-13(8-6-11)14-10-12(2)18-16(19-14)17-9-3-4-15(20)21/h5-8,10H,3-4,9H2,1-2H3,(H,20,21)(H,17,18,19). The van der Waals surface area contributed by atoms with E-state index in [0.29, 0.717) is 18.9 Å². The van der Waals surface area contributed by atoms with Gasteiger partial charge in [-0.15, -0.1) is 0 Å². The van der Waals surface area contributed by atoms with Gasteiger partial charge in [0.25, 0.3) is 0 Å². The first kappa shape index (κ1) is 15.0. The van der Waals surface area contributed by atoms with E-state index < -0.39 is 5.97 Å². The van der Waals surface area contributed by atoms with Crippen LogP contribution in [0.5, 0.6) is 0 Å². The highest BCUT2D eigenvalue weighted by Crippen LogP contribution is 2.19. The number of aromatic nitrogens is 2. The Kier molecular flexibility index (Phi) is 4.87. The van der Waals surface area contributed by atoms with Gasteiger partial charge in [-0.3, -0.25) is 4.79 Å². The van der Waals surface area contributed by atoms with Gasteiger partial charge in [0.05, 0.1) is 5.69 Å². The number of anilines is 1. The van der Waals surface area contributed by atoms with Crippen LogP contribution in [-0.4, -0.2) is 27.6 Å². The average Bonchev–Trinajstić information content (AvgIpc) is 2.43. The van der Waals surface area contributed by atoms with Crippen molar-refractivity contribution in [2.75, 3.05) is 11.9 Å². The van der Waals surface area contributed by atoms with Crippen molar-refractivity contribution in [1.82, 2.24) is 9.97 Å². The SMILES string of the molecule is Cc1ccc(-c2cc(C)nc(NCCCC(=O)O)n2)cc1. The summed E-state index contributed by atoms with van der Waals surface area (Å²) in [5, 5.41) is 11.7. The summed E-state index contributed by atoms with van der Waals surface area (Å²) in [5.74, 6) is -0.252. The Morgan fingerprint density at radius 1 is 1.19 bits per heavy atom. The van der Waals surface area contributed by atoms with E-state index in [1.54, 1.807) is 0 Å². The molecule has 0 saturated carbocycles. The Hall–Kier alpha value is -2.43. The van der Waals surface area contributed by atoms with Crippen LogP contribution in [0.3, 0.4) is 0 Å². The third-order valence-electron chi connectivity index (χ3n) is 3.05. The van der Waals surface area contributed by atoms with E-state index in [0.717, 1.165) is 17.0 Å². The molecule has 0 aliphatic heterocycles. The van der Waals surface area contributed by atoms with Crippen LogP contribution in [0.2, 0.25) is 0 Å². The quantitative estimate of drug-likeness (QED) is 0.798. The minimum Gasteiger partial charge on any atom is -0.481 e. The largest absolute Gasteiger partial charge is 0.481 e. The third kappa shape index (κ3) is 4.56. The highest BCUT2D eigenvalue weighted by atomic mass is 16.4. The van der Waals surface area contributed by atoms with Gasteiger partial charge >= 0.3 is 5.97 Å². The van der Waals surface area contributed by atoms with Gasteiger partial charge in [-0.1, -0.05) is 29.8 Å². The molecular weight excluding hydrogens is 266 g/mol. The second-order valence-corrected chi connectivity index (χ2v) is 5.01. The Labute approximate surface area is 124 Å². The zero-order valence-electron chi connectivity index (χ0n) is 12.3. The van der Waals surface area contributed by atoms with Crippen molar-refractivity contribution in [1.29, 1.82) is 0 Å². The number of carboxylic acid groups (broad SMARTS) is 1. The Morgan fingerprint density at radius 3 is 2.57 bits per heavy atom. The normalized spacial score (nSPS) is 10.4. The second kappa shape index (κ2) is 6.83. The van der Waals surface area contributed by atoms with E-state index >= 15 is 0 Å². The molecule has 1 heterocycles. The molecule has 0 aliphatic rings. The first-order valence-electron chi connectivity index (χ1n) is 6.93. The van der Waals surface area contributed by atoms with Crippen LogP contribution in [0.15, 0.2) is 30.3 Å². The number of aryl methyl sites for hydroxylation is 2. The zero-order valence-corrected chi connectivity index (χ0v) is 12.3. The van der Waals surface area contributed by atoms with Crippen molar-refractivity contribution in [2.24, 2.45) is 0 Å². The molecule has 1 aromatic carbocycles. The molecule has 2 rings (SSSR count). The van der Waals surface area contributed by atoms with Gasteiger partial charge in [0, 0.05) is 24.2 Å². The molecule has 5 nitrogen and oxygen atoms in total. The smallest absolute Gasteiger partial charge is 0.303 e. The molecule has 0 spiro atoms. The van der Waals surface area contributed by atoms with E-state index in [1.165, 1.54) is 5.56 Å². The van der Waals surface area contributed by atoms with Gasteiger partial charge in [-0.25, -0.2) is 9.97 Å². The lowest BCUT2D eigenvalue weighted by Crippen LogP contribution is -2.08. The lowest BCUT2D eigenvalue weighted by molar-refractivity contribution is -0.137. The van der Waals surface area contributed by atoms with Crippen molar-refractivity contribution in [3.05, 3.63) is 41.6 Å². The Balaban J connectivity index is 2.10. The molecule has 0 fully saturated rings. The number of hydrogen-bond acceptors (Lipinski definition) is 4. The average molecular weight is 285 g/mol. The first-order valence-corrected chi connectivity index (χ1v) is 6.93. The number of nitrogens with one attached hydrogen (secondary N) is 1. The number of carboxylic acids is 1. The lowest BCUT2D eigenvalue weighted by atomic mass is 10.1. The molecule has 0 bridgehead atoms. The van der Waals surface area contributed by atoms with Crippen LogP contribution in [0, 0.1) is 13.8 Å². The second-order valence-electron chi connectivity index (χ2n) is 5.01. The summed E-state index contributed by atoms with van der Waals surface area (Å²) in [4.78, 5) is 19.3. The minimum atomic E-state index is -0.790. The third-order valence-corrected chi connectivity index (χ3v) is 3.05. The molecule has 0 unspecified atom stereocenters. The van der Waals surface area contributed by atoms with Crippen molar-refractivity contribution in [3.63, 3.8) is 0 Å². The van der Waals surface area contributed by atoms with Gasteiger partial charge in [0.1, 0.15) is 0 Å². The summed E-state index contributed by atoms with van der Waals surface area (Å²) in [6.45, 7) is 4.51. The molecule has 0 aliphatic carbocycles. The molecule has 2 N–H and O–H groups in total. The van der Waals surface area contributed by atoms with Crippen LogP contribution in [-0.2, 0) is 4.79 Å². The number of rotatable bonds is 6. The van der Waals surface area contributed by atoms with Gasteiger partial charge in [0.15, 0.2) is 0 Å². The summed E-state index contributed by atoms with van der Waals surface area (Å²) < 4.78 is 0. The Morgan fingerprint density at radius 2 is 1.90 bits per heavy atom. The maximum Gasteiger partial charge on any atom is 0.303 e. The summed E-state index contributed by atoms with van der Waals surface area (Å²) in [6.07, 6.45) is 0.691. The van der Waals surface area contributed by atoms with Gasteiger partial charge in [-0.2, -0.15) is 0 Å². The van der Waals surface area contributed by atoms with Crippen LogP contribution < -0.4 is 5.32 Å². The van der Waals surface area contributed by atoms with E-state index in [9.17, 15) is 4.79 Å². The minimum absolute atomic E-state index is 0.142. The molecule has 5 heteroatoms. The summed E-state index contributed by atoms with van der Waals surface area (Å²) in [6, 6.07) is 10.1. The number of benzene rings is 1. The molecule has 0 amide bonds. The molecule has 2 aromatic rings. The molecule has 0 atom stereocenters. The van der Waals surface area contributed by atoms with Crippen LogP contribution in [0.1, 0.15) is 24.1 Å². The molecule has 21 heavy (non-hydrogen) atoms. The number of nitrogens with zero attached hydrogens (tertiary/aromatic N) is 2. The predicted octanol–water partition coefficient (Wildman–Crippen LogP) is 3.04. The topological polar surface area (TPSA) is 75.1 Å². The highest BCUT2D eigenvalue weighted by molar-refractivity contribution is 5.66. The molecule has 0 saturated heterocycles. The number of aliphatic carboxylic acids is 1. The van der Waals surface area contributed by atoms with Gasteiger partial charge in [0.2, 0.25) is 5.95 Å². The predicted molar refractivity (Wildman–Crippen MR) is 82.3 cm³/mol. The number of carbonyl (C=O) groups is 1. The molecular formula is C16H19N3O2. The first-order chi connectivity index (χ1) is 10.0. The number of hydrogen-bond donors (Lipinski definition) is 2. The maximum atomic E-state index is 10.5. The van der Waals surface area contributed by atoms with Gasteiger partial charge < -0.3 is 10.4 Å². The van der Waals surface area contributed by atoms with Crippen molar-refractivity contribution >= 4 is 11.9 Å². The zero-order chi connectivity index (χ0) is 15.2. The Bertz CT molecular complexity index is 624. The van der Waals surface area contributed by atoms with E-state index in [2.05, 4.69) is 15.3 Å². The summed E-state index contributed by atoms with van der Waals surface area (Å²) in [7, 11) is 0. The highest BCUT2D eigenvalue weighted by Gasteiger charge is 2.05. The van der Waals surface area contributed by atoms with E-state index in [1.807, 2.05) is 44.2 Å². The van der Waals surface area contributed by atoms with E-state index in [-0.39, 0.29) is 6.42 Å². The summed E-state index contributed by atoms with van der Waals surface area (Å²) in [5.41, 5.74) is 3.99. The van der Waals surface area contributed by atoms with Crippen LogP contribution in [0.25, 0.3) is 11.3 Å². The fraction of sp³-hybridized carbons (Fsp3) is 0.312. The van der Waals surface area contributed by atoms with Crippen molar-refractivity contribution < 1.29 is 9.90 Å². The maximum absolute atomic E-state index is 10.5. The van der Waals surface area contributed by atoms with Crippen molar-refractivity contribution in [3.8, 4) is 11.3 Å².